The van der Waals surface area contributed by atoms with Crippen molar-refractivity contribution in [3.63, 3.8) is 0 Å². The van der Waals surface area contributed by atoms with E-state index in [1.807, 2.05) is 0 Å². The Morgan fingerprint density at radius 3 is 2.21 bits per heavy atom. The smallest absolute Gasteiger partial charge is 0.315 e. The highest BCUT2D eigenvalue weighted by molar-refractivity contribution is 5.85. The fourth-order valence-corrected chi connectivity index (χ4v) is 11.9. The molecular weight excluding hydrogens is 476 g/mol. The second-order valence-electron chi connectivity index (χ2n) is 15.6. The van der Waals surface area contributed by atoms with Gasteiger partial charge in [0.15, 0.2) is 0 Å². The molecule has 0 radical (unpaired) electrons. The summed E-state index contributed by atoms with van der Waals surface area (Å²) in [5, 5.41) is 0. The fraction of sp³-hybridized carbons (Fsp3) is 0.909. The summed E-state index contributed by atoms with van der Waals surface area (Å²) >= 11 is 0. The van der Waals surface area contributed by atoms with E-state index in [9.17, 15) is 14.4 Å². The number of carbonyl (C=O) groups is 3. The molecule has 0 N–H and O–H groups in total. The second-order valence-corrected chi connectivity index (χ2v) is 15.6. The zero-order valence-electron chi connectivity index (χ0n) is 25.3. The topological polar surface area (TPSA) is 69.7 Å². The normalized spacial score (nSPS) is 47.4. The Kier molecular flexibility index (Phi) is 6.71. The third-order valence-corrected chi connectivity index (χ3v) is 13.9. The predicted molar refractivity (Wildman–Crippen MR) is 147 cm³/mol. The van der Waals surface area contributed by atoms with Gasteiger partial charge in [0.25, 0.3) is 0 Å². The van der Waals surface area contributed by atoms with Crippen molar-refractivity contribution < 1.29 is 23.9 Å². The second kappa shape index (κ2) is 9.06. The minimum absolute atomic E-state index is 0.135. The molecule has 5 saturated carbocycles. The lowest BCUT2D eigenvalue weighted by Gasteiger charge is -2.72. The van der Waals surface area contributed by atoms with E-state index in [4.69, 9.17) is 9.47 Å². The van der Waals surface area contributed by atoms with Crippen molar-refractivity contribution in [2.75, 3.05) is 6.79 Å². The molecule has 0 aromatic carbocycles. The van der Waals surface area contributed by atoms with E-state index in [1.54, 1.807) is 0 Å². The Labute approximate surface area is 230 Å². The number of hydrogen-bond acceptors (Lipinski definition) is 5. The number of Topliss-reactive ketones (excluding diaryl/α,β-unsaturated/α-hetero) is 1. The van der Waals surface area contributed by atoms with Gasteiger partial charge in [0.2, 0.25) is 6.79 Å². The lowest BCUT2D eigenvalue weighted by molar-refractivity contribution is -0.239. The first-order chi connectivity index (χ1) is 17.6. The lowest BCUT2D eigenvalue weighted by atomic mass is 9.32. The summed E-state index contributed by atoms with van der Waals surface area (Å²) in [6, 6.07) is 0. The summed E-state index contributed by atoms with van der Waals surface area (Å²) in [5.74, 6) is 2.83. The Morgan fingerprint density at radius 1 is 0.842 bits per heavy atom. The molecule has 5 rings (SSSR count). The van der Waals surface area contributed by atoms with Crippen LogP contribution in [0.2, 0.25) is 0 Å². The van der Waals surface area contributed by atoms with Gasteiger partial charge in [-0.3, -0.25) is 14.4 Å². The lowest BCUT2D eigenvalue weighted by Crippen LogP contribution is -2.66. The van der Waals surface area contributed by atoms with Crippen molar-refractivity contribution in [1.29, 1.82) is 0 Å². The van der Waals surface area contributed by atoms with E-state index < -0.39 is 11.4 Å². The Bertz CT molecular complexity index is 999. The molecule has 38 heavy (non-hydrogen) atoms. The number of fused-ring (bicyclic) bond motifs is 7. The molecule has 5 nitrogen and oxygen atoms in total. The molecule has 0 aromatic rings. The maximum atomic E-state index is 13.8. The van der Waals surface area contributed by atoms with E-state index in [0.717, 1.165) is 44.9 Å². The number of rotatable bonds is 4. The molecule has 0 amide bonds. The van der Waals surface area contributed by atoms with Crippen LogP contribution in [0, 0.1) is 62.6 Å². The van der Waals surface area contributed by atoms with Crippen LogP contribution in [0.15, 0.2) is 0 Å². The summed E-state index contributed by atoms with van der Waals surface area (Å²) in [7, 11) is 0. The molecule has 0 saturated heterocycles. The van der Waals surface area contributed by atoms with Crippen LogP contribution in [0.1, 0.15) is 120 Å². The van der Waals surface area contributed by atoms with Gasteiger partial charge in [-0.25, -0.2) is 0 Å². The Hall–Kier alpha value is -1.39. The molecule has 0 spiro atoms. The monoisotopic (exact) mass is 528 g/mol. The molecule has 0 heterocycles. The highest BCUT2D eigenvalue weighted by Crippen LogP contribution is 2.77. The van der Waals surface area contributed by atoms with Gasteiger partial charge >= 0.3 is 11.9 Å². The minimum Gasteiger partial charge on any atom is -0.428 e. The first kappa shape index (κ1) is 28.1. The summed E-state index contributed by atoms with van der Waals surface area (Å²) in [6.07, 6.45) is 10.3. The van der Waals surface area contributed by atoms with Crippen LogP contribution in [0.3, 0.4) is 0 Å². The molecule has 214 valence electrons. The SMILES string of the molecule is CC(=O)OCOC(=O)[C@]12CC[C@@H](C(C)C)C1[C@H]1CC[C@@H]3[C@@]4(C)CCC(=O)C(C)(C)C4CC[C@@]3(C)[C@]1(C)CC2. The number of carbonyl (C=O) groups excluding carboxylic acids is 3. The van der Waals surface area contributed by atoms with Crippen LogP contribution in [0.5, 0.6) is 0 Å². The molecule has 5 aliphatic rings. The van der Waals surface area contributed by atoms with Gasteiger partial charge in [-0.15, -0.1) is 0 Å². The van der Waals surface area contributed by atoms with E-state index >= 15 is 0 Å². The average molecular weight is 529 g/mol. The average Bonchev–Trinajstić information content (AvgIpc) is 3.23. The fourth-order valence-electron chi connectivity index (χ4n) is 11.9. The molecule has 0 aliphatic heterocycles. The summed E-state index contributed by atoms with van der Waals surface area (Å²) in [5.41, 5.74) is -0.119. The first-order valence-corrected chi connectivity index (χ1v) is 15.5. The van der Waals surface area contributed by atoms with Gasteiger partial charge in [0, 0.05) is 18.8 Å². The van der Waals surface area contributed by atoms with Gasteiger partial charge in [-0.2, -0.15) is 0 Å². The number of esters is 2. The Balaban J connectivity index is 1.50. The standard InChI is InChI=1S/C33H52O5/c1-20(2)22-11-16-33(28(36)38-19-37-21(3)34)18-17-31(7)23(27(22)33)9-10-25-30(6)14-13-26(35)29(4,5)24(30)12-15-32(25,31)8/h20,22-25,27H,9-19H2,1-8H3/t22-,23+,24?,25+,27?,30-,31+,32+,33-/m0/s1. The highest BCUT2D eigenvalue weighted by Gasteiger charge is 2.72. The number of hydrogen-bond donors (Lipinski definition) is 0. The molecule has 5 aliphatic carbocycles. The number of ketones is 1. The quantitative estimate of drug-likeness (QED) is 0.282. The zero-order chi connectivity index (χ0) is 27.9. The molecular formula is C33H52O5. The molecule has 0 aromatic heterocycles. The maximum Gasteiger partial charge on any atom is 0.315 e. The molecule has 9 atom stereocenters. The molecule has 2 unspecified atom stereocenters. The number of ether oxygens (including phenoxy) is 2. The third-order valence-electron chi connectivity index (χ3n) is 13.9. The van der Waals surface area contributed by atoms with E-state index in [1.165, 1.54) is 26.2 Å². The van der Waals surface area contributed by atoms with Crippen molar-refractivity contribution >= 4 is 17.7 Å². The predicted octanol–water partition coefficient (Wildman–Crippen LogP) is 7.36. The summed E-state index contributed by atoms with van der Waals surface area (Å²) in [4.78, 5) is 38.1. The first-order valence-electron chi connectivity index (χ1n) is 15.5. The van der Waals surface area contributed by atoms with Crippen LogP contribution >= 0.6 is 0 Å². The van der Waals surface area contributed by atoms with E-state index in [0.29, 0.717) is 41.3 Å². The van der Waals surface area contributed by atoms with Gasteiger partial charge in [0.05, 0.1) is 5.41 Å². The molecule has 5 heteroatoms. The minimum atomic E-state index is -0.456. The van der Waals surface area contributed by atoms with Crippen LogP contribution in [0.4, 0.5) is 0 Å². The molecule has 0 bridgehead atoms. The van der Waals surface area contributed by atoms with Crippen molar-refractivity contribution in [3.05, 3.63) is 0 Å². The van der Waals surface area contributed by atoms with Crippen molar-refractivity contribution in [2.24, 2.45) is 62.6 Å². The van der Waals surface area contributed by atoms with Gasteiger partial charge in [-0.05, 0) is 110 Å². The summed E-state index contributed by atoms with van der Waals surface area (Å²) in [6.45, 7) is 17.9. The van der Waals surface area contributed by atoms with Crippen LogP contribution < -0.4 is 0 Å². The van der Waals surface area contributed by atoms with E-state index in [2.05, 4.69) is 48.5 Å². The van der Waals surface area contributed by atoms with E-state index in [-0.39, 0.29) is 34.4 Å². The maximum absolute atomic E-state index is 13.8. The highest BCUT2D eigenvalue weighted by atomic mass is 16.7. The summed E-state index contributed by atoms with van der Waals surface area (Å²) < 4.78 is 10.7. The van der Waals surface area contributed by atoms with Crippen LogP contribution in [-0.4, -0.2) is 24.5 Å². The molecule has 5 fully saturated rings. The van der Waals surface area contributed by atoms with Gasteiger partial charge in [-0.1, -0.05) is 48.5 Å². The third kappa shape index (κ3) is 3.64. The van der Waals surface area contributed by atoms with Gasteiger partial charge < -0.3 is 9.47 Å². The van der Waals surface area contributed by atoms with Crippen molar-refractivity contribution in [1.82, 2.24) is 0 Å². The van der Waals surface area contributed by atoms with Crippen LogP contribution in [0.25, 0.3) is 0 Å². The Morgan fingerprint density at radius 2 is 1.55 bits per heavy atom. The largest absolute Gasteiger partial charge is 0.428 e. The zero-order valence-corrected chi connectivity index (χ0v) is 25.3. The van der Waals surface area contributed by atoms with Crippen molar-refractivity contribution in [2.45, 2.75) is 120 Å². The van der Waals surface area contributed by atoms with Crippen molar-refractivity contribution in [3.8, 4) is 0 Å². The van der Waals surface area contributed by atoms with Gasteiger partial charge in [0.1, 0.15) is 5.78 Å². The van der Waals surface area contributed by atoms with Crippen LogP contribution in [-0.2, 0) is 23.9 Å².